The molecule has 0 atom stereocenters. The van der Waals surface area contributed by atoms with Crippen LogP contribution in [0.25, 0.3) is 0 Å². The van der Waals surface area contributed by atoms with E-state index in [1.807, 2.05) is 0 Å². The van der Waals surface area contributed by atoms with E-state index in [2.05, 4.69) is 20.0 Å². The average Bonchev–Trinajstić information content (AvgIpc) is 2.46. The van der Waals surface area contributed by atoms with Gasteiger partial charge in [0, 0.05) is 30.2 Å². The van der Waals surface area contributed by atoms with Gasteiger partial charge in [-0.25, -0.2) is 23.1 Å². The van der Waals surface area contributed by atoms with Crippen molar-refractivity contribution in [3.8, 4) is 0 Å². The molecule has 1 aromatic heterocycles. The summed E-state index contributed by atoms with van der Waals surface area (Å²) in [4.78, 5) is 8.05. The quantitative estimate of drug-likeness (QED) is 0.852. The Morgan fingerprint density at radius 2 is 1.95 bits per heavy atom. The Bertz CT molecular complexity index is 644. The van der Waals surface area contributed by atoms with Crippen LogP contribution in [0.5, 0.6) is 0 Å². The Morgan fingerprint density at radius 1 is 1.21 bits per heavy atom. The van der Waals surface area contributed by atoms with Gasteiger partial charge in [0.2, 0.25) is 10.0 Å². The molecule has 7 heteroatoms. The first-order valence-electron chi connectivity index (χ1n) is 5.63. The first-order chi connectivity index (χ1) is 9.12. The Labute approximate surface area is 112 Å². The van der Waals surface area contributed by atoms with Crippen molar-refractivity contribution in [2.75, 3.05) is 12.4 Å². The maximum atomic E-state index is 11.7. The largest absolute Gasteiger partial charge is 0.381 e. The van der Waals surface area contributed by atoms with Crippen molar-refractivity contribution < 1.29 is 8.42 Å². The molecule has 0 aliphatic carbocycles. The molecule has 0 aliphatic rings. The molecule has 1 heterocycles. The summed E-state index contributed by atoms with van der Waals surface area (Å²) in [5.41, 5.74) is 1.64. The van der Waals surface area contributed by atoms with Gasteiger partial charge in [0.25, 0.3) is 0 Å². The van der Waals surface area contributed by atoms with E-state index >= 15 is 0 Å². The minimum Gasteiger partial charge on any atom is -0.381 e. The summed E-state index contributed by atoms with van der Waals surface area (Å²) in [6.45, 7) is 0.532. The number of sulfonamides is 1. The van der Waals surface area contributed by atoms with Gasteiger partial charge in [0.05, 0.1) is 4.90 Å². The van der Waals surface area contributed by atoms with E-state index in [0.717, 1.165) is 11.3 Å². The van der Waals surface area contributed by atoms with Crippen LogP contribution in [0.1, 0.15) is 5.56 Å². The van der Waals surface area contributed by atoms with E-state index in [9.17, 15) is 8.42 Å². The fourth-order valence-electron chi connectivity index (χ4n) is 1.52. The van der Waals surface area contributed by atoms with Crippen LogP contribution in [-0.2, 0) is 16.6 Å². The van der Waals surface area contributed by atoms with Crippen molar-refractivity contribution in [2.45, 2.75) is 11.4 Å². The van der Waals surface area contributed by atoms with E-state index in [1.165, 1.54) is 13.4 Å². The SMILES string of the molecule is CNS(=O)(=O)c1cccc(NCc2cncnc2)c1. The summed E-state index contributed by atoms with van der Waals surface area (Å²) in [6.07, 6.45) is 4.87. The van der Waals surface area contributed by atoms with Gasteiger partial charge in [0.1, 0.15) is 6.33 Å². The molecule has 6 nitrogen and oxygen atoms in total. The molecule has 0 spiro atoms. The summed E-state index contributed by atoms with van der Waals surface area (Å²) in [6, 6.07) is 6.62. The molecule has 19 heavy (non-hydrogen) atoms. The molecule has 2 N–H and O–H groups in total. The monoisotopic (exact) mass is 278 g/mol. The second-order valence-corrected chi connectivity index (χ2v) is 5.72. The maximum absolute atomic E-state index is 11.7. The van der Waals surface area contributed by atoms with Gasteiger partial charge >= 0.3 is 0 Å². The van der Waals surface area contributed by atoms with Crippen molar-refractivity contribution >= 4 is 15.7 Å². The lowest BCUT2D eigenvalue weighted by Gasteiger charge is -2.08. The van der Waals surface area contributed by atoms with E-state index < -0.39 is 10.0 Å². The molecule has 2 aromatic rings. The number of hydrogen-bond acceptors (Lipinski definition) is 5. The number of anilines is 1. The van der Waals surface area contributed by atoms with Crippen LogP contribution in [0, 0.1) is 0 Å². The van der Waals surface area contributed by atoms with Gasteiger partial charge in [-0.3, -0.25) is 0 Å². The Morgan fingerprint density at radius 3 is 2.63 bits per heavy atom. The minimum absolute atomic E-state index is 0.226. The lowest BCUT2D eigenvalue weighted by Crippen LogP contribution is -2.18. The van der Waals surface area contributed by atoms with Gasteiger partial charge in [-0.1, -0.05) is 6.07 Å². The predicted octanol–water partition coefficient (Wildman–Crippen LogP) is 0.997. The fraction of sp³-hybridized carbons (Fsp3) is 0.167. The summed E-state index contributed by atoms with van der Waals surface area (Å²) in [7, 11) is -2.03. The van der Waals surface area contributed by atoms with Gasteiger partial charge in [-0.15, -0.1) is 0 Å². The first-order valence-corrected chi connectivity index (χ1v) is 7.11. The molecule has 0 saturated carbocycles. The molecule has 0 fully saturated rings. The highest BCUT2D eigenvalue weighted by atomic mass is 32.2. The Kier molecular flexibility index (Phi) is 4.08. The zero-order valence-corrected chi connectivity index (χ0v) is 11.2. The second kappa shape index (κ2) is 5.77. The van der Waals surface area contributed by atoms with Crippen molar-refractivity contribution in [3.63, 3.8) is 0 Å². The topological polar surface area (TPSA) is 84.0 Å². The Hall–Kier alpha value is -1.99. The van der Waals surface area contributed by atoms with E-state index in [1.54, 1.807) is 36.7 Å². The maximum Gasteiger partial charge on any atom is 0.240 e. The smallest absolute Gasteiger partial charge is 0.240 e. The van der Waals surface area contributed by atoms with Crippen molar-refractivity contribution in [2.24, 2.45) is 0 Å². The number of aromatic nitrogens is 2. The second-order valence-electron chi connectivity index (χ2n) is 3.84. The highest BCUT2D eigenvalue weighted by molar-refractivity contribution is 7.89. The number of nitrogens with one attached hydrogen (secondary N) is 2. The van der Waals surface area contributed by atoms with Crippen LogP contribution < -0.4 is 10.0 Å². The van der Waals surface area contributed by atoms with Gasteiger partial charge in [-0.05, 0) is 25.2 Å². The fourth-order valence-corrected chi connectivity index (χ4v) is 2.29. The average molecular weight is 278 g/mol. The molecule has 100 valence electrons. The summed E-state index contributed by atoms with van der Waals surface area (Å²) in [5.74, 6) is 0. The molecule has 0 amide bonds. The normalized spacial score (nSPS) is 11.2. The molecule has 0 saturated heterocycles. The molecule has 1 aromatic carbocycles. The van der Waals surface area contributed by atoms with Gasteiger partial charge in [0.15, 0.2) is 0 Å². The summed E-state index contributed by atoms with van der Waals surface area (Å²) >= 11 is 0. The minimum atomic E-state index is -3.42. The van der Waals surface area contributed by atoms with Crippen LogP contribution in [0.2, 0.25) is 0 Å². The third-order valence-electron chi connectivity index (χ3n) is 2.52. The van der Waals surface area contributed by atoms with Crippen LogP contribution in [0.4, 0.5) is 5.69 Å². The first kappa shape index (κ1) is 13.4. The van der Waals surface area contributed by atoms with Gasteiger partial charge < -0.3 is 5.32 Å². The van der Waals surface area contributed by atoms with E-state index in [4.69, 9.17) is 0 Å². The third-order valence-corrected chi connectivity index (χ3v) is 3.94. The zero-order valence-electron chi connectivity index (χ0n) is 10.4. The van der Waals surface area contributed by atoms with Crippen LogP contribution >= 0.6 is 0 Å². The van der Waals surface area contributed by atoms with Crippen molar-refractivity contribution in [1.29, 1.82) is 0 Å². The molecule has 0 unspecified atom stereocenters. The van der Waals surface area contributed by atoms with E-state index in [0.29, 0.717) is 6.54 Å². The number of benzene rings is 1. The highest BCUT2D eigenvalue weighted by Crippen LogP contribution is 2.15. The third kappa shape index (κ3) is 3.49. The molecule has 0 aliphatic heterocycles. The molecular weight excluding hydrogens is 264 g/mol. The van der Waals surface area contributed by atoms with Crippen LogP contribution in [0.15, 0.2) is 47.9 Å². The van der Waals surface area contributed by atoms with E-state index in [-0.39, 0.29) is 4.90 Å². The molecule has 0 bridgehead atoms. The van der Waals surface area contributed by atoms with Crippen LogP contribution in [-0.4, -0.2) is 25.4 Å². The highest BCUT2D eigenvalue weighted by Gasteiger charge is 2.11. The lowest BCUT2D eigenvalue weighted by atomic mass is 10.3. The standard InChI is InChI=1S/C12H14N4O2S/c1-13-19(17,18)12-4-2-3-11(5-12)16-8-10-6-14-9-15-7-10/h2-7,9,13,16H,8H2,1H3. The van der Waals surface area contributed by atoms with Gasteiger partial charge in [-0.2, -0.15) is 0 Å². The van der Waals surface area contributed by atoms with Crippen molar-refractivity contribution in [1.82, 2.24) is 14.7 Å². The molecule has 0 radical (unpaired) electrons. The lowest BCUT2D eigenvalue weighted by molar-refractivity contribution is 0.588. The number of hydrogen-bond donors (Lipinski definition) is 2. The predicted molar refractivity (Wildman–Crippen MR) is 72.0 cm³/mol. The number of rotatable bonds is 5. The number of nitrogens with zero attached hydrogens (tertiary/aromatic N) is 2. The Balaban J connectivity index is 2.12. The zero-order chi connectivity index (χ0) is 13.7. The van der Waals surface area contributed by atoms with Crippen molar-refractivity contribution in [3.05, 3.63) is 48.5 Å². The summed E-state index contributed by atoms with van der Waals surface area (Å²) in [5, 5.41) is 3.13. The van der Waals surface area contributed by atoms with Crippen LogP contribution in [0.3, 0.4) is 0 Å². The summed E-state index contributed by atoms with van der Waals surface area (Å²) < 4.78 is 25.6. The molecular formula is C12H14N4O2S. The molecule has 2 rings (SSSR count).